The van der Waals surface area contributed by atoms with E-state index in [1.165, 1.54) is 23.8 Å². The number of esters is 1. The predicted molar refractivity (Wildman–Crippen MR) is 136 cm³/mol. The van der Waals surface area contributed by atoms with Crippen molar-refractivity contribution in [3.05, 3.63) is 76.2 Å². The van der Waals surface area contributed by atoms with Crippen LogP contribution in [-0.2, 0) is 20.9 Å². The fourth-order valence-electron chi connectivity index (χ4n) is 3.44. The van der Waals surface area contributed by atoms with E-state index in [4.69, 9.17) is 17.0 Å². The monoisotopic (exact) mass is 498 g/mol. The zero-order chi connectivity index (χ0) is 24.5. The number of ether oxygens (including phenoxy) is 1. The van der Waals surface area contributed by atoms with Gasteiger partial charge < -0.3 is 14.7 Å². The Labute approximate surface area is 208 Å². The molecule has 2 aromatic rings. The Morgan fingerprint density at radius 2 is 1.85 bits per heavy atom. The van der Waals surface area contributed by atoms with Crippen molar-refractivity contribution in [3.63, 3.8) is 0 Å². The van der Waals surface area contributed by atoms with E-state index in [1.807, 2.05) is 30.3 Å². The first-order valence-corrected chi connectivity index (χ1v) is 12.0. The van der Waals surface area contributed by atoms with Crippen molar-refractivity contribution < 1.29 is 24.2 Å². The standard InChI is InChI=1S/C25H26N2O5S2/c1-32-24(31)20-11-9-18(10-12-20)16-21-23(30)27(25(33)34-21)13-5-8-22(29)26(14-15-28)17-19-6-3-2-4-7-19/h2-4,6-7,9-12,16,28H,5,8,13-15,17H2,1H3/b21-16-. The molecule has 2 aromatic carbocycles. The van der Waals surface area contributed by atoms with Gasteiger partial charge in [0.25, 0.3) is 5.91 Å². The van der Waals surface area contributed by atoms with Gasteiger partial charge in [0, 0.05) is 26.1 Å². The third-order valence-electron chi connectivity index (χ3n) is 5.21. The van der Waals surface area contributed by atoms with Gasteiger partial charge in [-0.05, 0) is 35.8 Å². The Bertz CT molecular complexity index is 1070. The average molecular weight is 499 g/mol. The van der Waals surface area contributed by atoms with Gasteiger partial charge in [0.2, 0.25) is 5.91 Å². The molecule has 0 atom stereocenters. The number of thioether (sulfide) groups is 1. The zero-order valence-corrected chi connectivity index (χ0v) is 20.4. The van der Waals surface area contributed by atoms with Gasteiger partial charge in [-0.2, -0.15) is 0 Å². The van der Waals surface area contributed by atoms with Crippen LogP contribution in [0.1, 0.15) is 34.3 Å². The summed E-state index contributed by atoms with van der Waals surface area (Å²) in [6.07, 6.45) is 2.44. The van der Waals surface area contributed by atoms with Crippen LogP contribution in [0.4, 0.5) is 0 Å². The van der Waals surface area contributed by atoms with Crippen molar-refractivity contribution in [2.45, 2.75) is 19.4 Å². The Morgan fingerprint density at radius 3 is 2.50 bits per heavy atom. The average Bonchev–Trinajstić information content (AvgIpc) is 3.11. The first-order valence-electron chi connectivity index (χ1n) is 10.8. The number of carbonyl (C=O) groups is 3. The molecule has 0 aliphatic carbocycles. The Balaban J connectivity index is 1.56. The van der Waals surface area contributed by atoms with Crippen molar-refractivity contribution in [1.29, 1.82) is 0 Å². The van der Waals surface area contributed by atoms with Crippen LogP contribution in [0.15, 0.2) is 59.5 Å². The lowest BCUT2D eigenvalue weighted by Gasteiger charge is -2.22. The minimum atomic E-state index is -0.422. The normalized spacial score (nSPS) is 14.5. The summed E-state index contributed by atoms with van der Waals surface area (Å²) in [6.45, 7) is 0.914. The second kappa shape index (κ2) is 12.5. The number of thiocarbonyl (C=S) groups is 1. The van der Waals surface area contributed by atoms with Gasteiger partial charge >= 0.3 is 5.97 Å². The van der Waals surface area contributed by atoms with Gasteiger partial charge in [0.1, 0.15) is 4.32 Å². The number of methoxy groups -OCH3 is 1. The van der Waals surface area contributed by atoms with Crippen LogP contribution in [0.5, 0.6) is 0 Å². The molecule has 0 spiro atoms. The van der Waals surface area contributed by atoms with Crippen LogP contribution in [0, 0.1) is 0 Å². The molecule has 0 aromatic heterocycles. The van der Waals surface area contributed by atoms with Crippen molar-refractivity contribution in [3.8, 4) is 0 Å². The lowest BCUT2D eigenvalue weighted by molar-refractivity contribution is -0.132. The van der Waals surface area contributed by atoms with Crippen LogP contribution >= 0.6 is 24.0 Å². The van der Waals surface area contributed by atoms with Gasteiger partial charge in [-0.1, -0.05) is 66.4 Å². The van der Waals surface area contributed by atoms with Crippen LogP contribution in [-0.4, -0.2) is 63.8 Å². The maximum absolute atomic E-state index is 12.8. The Morgan fingerprint density at radius 1 is 1.15 bits per heavy atom. The topological polar surface area (TPSA) is 87.2 Å². The predicted octanol–water partition coefficient (Wildman–Crippen LogP) is 3.48. The summed E-state index contributed by atoms with van der Waals surface area (Å²) >= 11 is 6.59. The quantitative estimate of drug-likeness (QED) is 0.305. The smallest absolute Gasteiger partial charge is 0.337 e. The molecule has 0 saturated carbocycles. The molecule has 7 nitrogen and oxygen atoms in total. The summed E-state index contributed by atoms with van der Waals surface area (Å²) in [6, 6.07) is 16.4. The number of aliphatic hydroxyl groups is 1. The van der Waals surface area contributed by atoms with E-state index in [1.54, 1.807) is 35.2 Å². The number of carbonyl (C=O) groups excluding carboxylic acids is 3. The Kier molecular flexibility index (Phi) is 9.38. The summed E-state index contributed by atoms with van der Waals surface area (Å²) in [5.74, 6) is -0.700. The van der Waals surface area contributed by atoms with Gasteiger partial charge in [0.05, 0.1) is 24.2 Å². The first kappa shape index (κ1) is 25.6. The number of amides is 2. The number of hydrogen-bond donors (Lipinski definition) is 1. The van der Waals surface area contributed by atoms with Crippen molar-refractivity contribution >= 4 is 52.2 Å². The lowest BCUT2D eigenvalue weighted by Crippen LogP contribution is -2.34. The molecule has 1 aliphatic heterocycles. The molecule has 34 heavy (non-hydrogen) atoms. The summed E-state index contributed by atoms with van der Waals surface area (Å²) in [5.41, 5.74) is 2.19. The van der Waals surface area contributed by atoms with E-state index < -0.39 is 5.97 Å². The second-order valence-electron chi connectivity index (χ2n) is 7.57. The number of aliphatic hydroxyl groups excluding tert-OH is 1. The maximum Gasteiger partial charge on any atom is 0.337 e. The summed E-state index contributed by atoms with van der Waals surface area (Å²) in [7, 11) is 1.32. The highest BCUT2D eigenvalue weighted by molar-refractivity contribution is 8.26. The fraction of sp³-hybridized carbons (Fsp3) is 0.280. The number of hydrogen-bond acceptors (Lipinski definition) is 7. The maximum atomic E-state index is 12.8. The molecule has 0 unspecified atom stereocenters. The molecule has 1 aliphatic rings. The third-order valence-corrected chi connectivity index (χ3v) is 6.59. The van der Waals surface area contributed by atoms with Crippen LogP contribution in [0.2, 0.25) is 0 Å². The molecule has 2 amide bonds. The molecule has 178 valence electrons. The Hall–Kier alpha value is -3.01. The van der Waals surface area contributed by atoms with Crippen LogP contribution in [0.3, 0.4) is 0 Å². The highest BCUT2D eigenvalue weighted by Crippen LogP contribution is 2.32. The molecule has 0 radical (unpaired) electrons. The largest absolute Gasteiger partial charge is 0.465 e. The van der Waals surface area contributed by atoms with E-state index in [0.717, 1.165) is 11.1 Å². The molecular weight excluding hydrogens is 472 g/mol. The summed E-state index contributed by atoms with van der Waals surface area (Å²) in [4.78, 5) is 40.7. The summed E-state index contributed by atoms with van der Waals surface area (Å²) < 4.78 is 5.14. The number of rotatable bonds is 10. The van der Waals surface area contributed by atoms with Crippen molar-refractivity contribution in [1.82, 2.24) is 9.80 Å². The molecular formula is C25H26N2O5S2. The molecule has 3 rings (SSSR count). The second-order valence-corrected chi connectivity index (χ2v) is 9.25. The van der Waals surface area contributed by atoms with Crippen molar-refractivity contribution in [2.24, 2.45) is 0 Å². The van der Waals surface area contributed by atoms with Gasteiger partial charge in [-0.25, -0.2) is 4.79 Å². The van der Waals surface area contributed by atoms with Gasteiger partial charge in [0.15, 0.2) is 0 Å². The van der Waals surface area contributed by atoms with Gasteiger partial charge in [-0.15, -0.1) is 0 Å². The molecule has 1 N–H and O–H groups in total. The van der Waals surface area contributed by atoms with E-state index >= 15 is 0 Å². The van der Waals surface area contributed by atoms with Crippen LogP contribution < -0.4 is 0 Å². The van der Waals surface area contributed by atoms with Crippen molar-refractivity contribution in [2.75, 3.05) is 26.8 Å². The van der Waals surface area contributed by atoms with Gasteiger partial charge in [-0.3, -0.25) is 14.5 Å². The van der Waals surface area contributed by atoms with E-state index in [9.17, 15) is 19.5 Å². The fourth-order valence-corrected chi connectivity index (χ4v) is 4.75. The lowest BCUT2D eigenvalue weighted by atomic mass is 10.1. The molecule has 9 heteroatoms. The zero-order valence-electron chi connectivity index (χ0n) is 18.8. The highest BCUT2D eigenvalue weighted by Gasteiger charge is 2.31. The first-order chi connectivity index (χ1) is 16.4. The van der Waals surface area contributed by atoms with E-state index in [0.29, 0.717) is 34.3 Å². The highest BCUT2D eigenvalue weighted by atomic mass is 32.2. The molecule has 1 saturated heterocycles. The van der Waals surface area contributed by atoms with Crippen LogP contribution in [0.25, 0.3) is 6.08 Å². The third kappa shape index (κ3) is 6.75. The number of benzene rings is 2. The minimum absolute atomic E-state index is 0.0791. The van der Waals surface area contributed by atoms with E-state index in [2.05, 4.69) is 0 Å². The molecule has 0 bridgehead atoms. The molecule has 1 fully saturated rings. The SMILES string of the molecule is COC(=O)c1ccc(/C=C2\SC(=S)N(CCCC(=O)N(CCO)Cc3ccccc3)C2=O)cc1. The summed E-state index contributed by atoms with van der Waals surface area (Å²) in [5, 5.41) is 9.34. The number of nitrogens with zero attached hydrogens (tertiary/aromatic N) is 2. The van der Waals surface area contributed by atoms with E-state index in [-0.39, 0.29) is 31.4 Å². The minimum Gasteiger partial charge on any atom is -0.465 e. The molecule has 1 heterocycles.